The molecule has 1 atom stereocenters. The van der Waals surface area contributed by atoms with Gasteiger partial charge < -0.3 is 5.32 Å². The number of halogens is 2. The molecule has 1 unspecified atom stereocenters. The van der Waals surface area contributed by atoms with Gasteiger partial charge in [0.1, 0.15) is 5.82 Å². The lowest BCUT2D eigenvalue weighted by Gasteiger charge is -2.45. The first kappa shape index (κ1) is 14.5. The third-order valence-electron chi connectivity index (χ3n) is 4.39. The summed E-state index contributed by atoms with van der Waals surface area (Å²) in [4.78, 5) is 2.58. The van der Waals surface area contributed by atoms with Crippen LogP contribution in [0.4, 0.5) is 4.39 Å². The third-order valence-corrected chi connectivity index (χ3v) is 5.00. The van der Waals surface area contributed by atoms with E-state index in [0.29, 0.717) is 10.5 Å². The predicted molar refractivity (Wildman–Crippen MR) is 83.1 cm³/mol. The molecule has 3 rings (SSSR count). The van der Waals surface area contributed by atoms with Crippen molar-refractivity contribution < 1.29 is 4.39 Å². The summed E-state index contributed by atoms with van der Waals surface area (Å²) in [7, 11) is 0. The van der Waals surface area contributed by atoms with E-state index in [4.69, 9.17) is 0 Å². The summed E-state index contributed by atoms with van der Waals surface area (Å²) < 4.78 is 13.9. The quantitative estimate of drug-likeness (QED) is 0.905. The van der Waals surface area contributed by atoms with Crippen LogP contribution >= 0.6 is 15.9 Å². The first-order chi connectivity index (χ1) is 9.44. The Morgan fingerprint density at radius 3 is 2.80 bits per heavy atom. The van der Waals surface area contributed by atoms with Crippen LogP contribution in [0.2, 0.25) is 0 Å². The molecule has 0 spiro atoms. The van der Waals surface area contributed by atoms with E-state index in [0.717, 1.165) is 25.6 Å². The van der Waals surface area contributed by atoms with Gasteiger partial charge >= 0.3 is 0 Å². The lowest BCUT2D eigenvalue weighted by Crippen LogP contribution is -2.61. The van der Waals surface area contributed by atoms with E-state index < -0.39 is 0 Å². The Morgan fingerprint density at radius 1 is 1.40 bits per heavy atom. The molecule has 0 amide bonds. The van der Waals surface area contributed by atoms with Crippen LogP contribution in [0.25, 0.3) is 0 Å². The molecule has 1 aliphatic carbocycles. The lowest BCUT2D eigenvalue weighted by atomic mass is 9.96. The number of rotatable bonds is 3. The molecular weight excluding hydrogens is 319 g/mol. The number of piperazine rings is 1. The molecule has 20 heavy (non-hydrogen) atoms. The monoisotopic (exact) mass is 340 g/mol. The first-order valence-corrected chi connectivity index (χ1v) is 8.17. The number of nitrogens with zero attached hydrogens (tertiary/aromatic N) is 1. The highest BCUT2D eigenvalue weighted by Crippen LogP contribution is 2.37. The zero-order valence-corrected chi connectivity index (χ0v) is 13.7. The molecule has 1 saturated heterocycles. The Labute approximate surface area is 128 Å². The van der Waals surface area contributed by atoms with Crippen LogP contribution in [0.3, 0.4) is 0 Å². The van der Waals surface area contributed by atoms with Crippen molar-refractivity contribution in [2.45, 2.75) is 44.8 Å². The van der Waals surface area contributed by atoms with Crippen molar-refractivity contribution >= 4 is 15.9 Å². The molecule has 110 valence electrons. The zero-order chi connectivity index (χ0) is 14.3. The molecule has 0 aromatic heterocycles. The van der Waals surface area contributed by atoms with E-state index in [1.165, 1.54) is 18.4 Å². The van der Waals surface area contributed by atoms with E-state index in [1.807, 2.05) is 12.1 Å². The van der Waals surface area contributed by atoms with Crippen molar-refractivity contribution in [1.82, 2.24) is 10.2 Å². The van der Waals surface area contributed by atoms with E-state index >= 15 is 0 Å². The average Bonchev–Trinajstić information content (AvgIpc) is 3.17. The van der Waals surface area contributed by atoms with Gasteiger partial charge in [-0.1, -0.05) is 6.07 Å². The van der Waals surface area contributed by atoms with E-state index in [1.54, 1.807) is 6.07 Å². The van der Waals surface area contributed by atoms with Crippen molar-refractivity contribution in [2.75, 3.05) is 13.1 Å². The standard InChI is InChI=1S/C16H22BrFN2/c1-16(2)10-20(15(8-19-16)12-4-5-12)9-11-3-6-14(18)13(17)7-11/h3,6-7,12,15,19H,4-5,8-10H2,1-2H3. The van der Waals surface area contributed by atoms with Gasteiger partial charge in [-0.3, -0.25) is 4.90 Å². The number of nitrogens with one attached hydrogen (secondary N) is 1. The number of benzene rings is 1. The zero-order valence-electron chi connectivity index (χ0n) is 12.1. The van der Waals surface area contributed by atoms with Crippen molar-refractivity contribution in [1.29, 1.82) is 0 Å². The van der Waals surface area contributed by atoms with Crippen molar-refractivity contribution in [2.24, 2.45) is 5.92 Å². The highest BCUT2D eigenvalue weighted by atomic mass is 79.9. The van der Waals surface area contributed by atoms with Gasteiger partial charge in [-0.25, -0.2) is 4.39 Å². The van der Waals surface area contributed by atoms with Gasteiger partial charge in [-0.2, -0.15) is 0 Å². The van der Waals surface area contributed by atoms with Gasteiger partial charge in [0.2, 0.25) is 0 Å². The van der Waals surface area contributed by atoms with E-state index in [9.17, 15) is 4.39 Å². The first-order valence-electron chi connectivity index (χ1n) is 7.38. The maximum absolute atomic E-state index is 13.3. The molecule has 0 bridgehead atoms. The summed E-state index contributed by atoms with van der Waals surface area (Å²) in [5, 5.41) is 3.66. The second-order valence-electron chi connectivity index (χ2n) is 6.82. The van der Waals surface area contributed by atoms with Crippen LogP contribution in [0.1, 0.15) is 32.3 Å². The Hall–Kier alpha value is -0.450. The van der Waals surface area contributed by atoms with Crippen LogP contribution < -0.4 is 5.32 Å². The van der Waals surface area contributed by atoms with Crippen LogP contribution in [0, 0.1) is 11.7 Å². The van der Waals surface area contributed by atoms with Gasteiger partial charge in [0, 0.05) is 31.2 Å². The SMILES string of the molecule is CC1(C)CN(Cc2ccc(F)c(Br)c2)C(C2CC2)CN1. The van der Waals surface area contributed by atoms with Gasteiger partial charge in [0.05, 0.1) is 4.47 Å². The van der Waals surface area contributed by atoms with E-state index in [-0.39, 0.29) is 11.4 Å². The second kappa shape index (κ2) is 5.39. The minimum Gasteiger partial charge on any atom is -0.309 e. The number of hydrogen-bond acceptors (Lipinski definition) is 2. The smallest absolute Gasteiger partial charge is 0.137 e. The average molecular weight is 341 g/mol. The molecule has 1 aromatic carbocycles. The van der Waals surface area contributed by atoms with Crippen LogP contribution in [-0.4, -0.2) is 29.6 Å². The minimum absolute atomic E-state index is 0.155. The molecule has 1 saturated carbocycles. The molecular formula is C16H22BrFN2. The summed E-state index contributed by atoms with van der Waals surface area (Å²) in [6.45, 7) is 7.53. The summed E-state index contributed by atoms with van der Waals surface area (Å²) >= 11 is 3.28. The molecule has 0 radical (unpaired) electrons. The highest BCUT2D eigenvalue weighted by Gasteiger charge is 2.40. The molecule has 1 N–H and O–H groups in total. The van der Waals surface area contributed by atoms with Gasteiger partial charge in [-0.15, -0.1) is 0 Å². The Bertz CT molecular complexity index is 499. The largest absolute Gasteiger partial charge is 0.309 e. The Balaban J connectivity index is 1.76. The Morgan fingerprint density at radius 2 is 2.15 bits per heavy atom. The number of hydrogen-bond donors (Lipinski definition) is 1. The fourth-order valence-electron chi connectivity index (χ4n) is 3.18. The van der Waals surface area contributed by atoms with Gasteiger partial charge in [-0.05, 0) is 66.2 Å². The fourth-order valence-corrected chi connectivity index (χ4v) is 3.61. The fraction of sp³-hybridized carbons (Fsp3) is 0.625. The highest BCUT2D eigenvalue weighted by molar-refractivity contribution is 9.10. The summed E-state index contributed by atoms with van der Waals surface area (Å²) in [5.74, 6) is 0.663. The van der Waals surface area contributed by atoms with Gasteiger partial charge in [0.25, 0.3) is 0 Å². The molecule has 1 aromatic rings. The topological polar surface area (TPSA) is 15.3 Å². The summed E-state index contributed by atoms with van der Waals surface area (Å²) in [6.07, 6.45) is 2.72. The van der Waals surface area contributed by atoms with Crippen molar-refractivity contribution in [3.8, 4) is 0 Å². The normalized spacial score (nSPS) is 26.7. The third kappa shape index (κ3) is 3.23. The van der Waals surface area contributed by atoms with Crippen molar-refractivity contribution in [3.63, 3.8) is 0 Å². The maximum atomic E-state index is 13.3. The maximum Gasteiger partial charge on any atom is 0.137 e. The summed E-state index contributed by atoms with van der Waals surface area (Å²) in [5.41, 5.74) is 1.34. The minimum atomic E-state index is -0.187. The van der Waals surface area contributed by atoms with E-state index in [2.05, 4.69) is 40.0 Å². The van der Waals surface area contributed by atoms with Crippen LogP contribution in [-0.2, 0) is 6.54 Å². The predicted octanol–water partition coefficient (Wildman–Crippen LogP) is 3.55. The van der Waals surface area contributed by atoms with Crippen LogP contribution in [0.15, 0.2) is 22.7 Å². The molecule has 1 aliphatic heterocycles. The summed E-state index contributed by atoms with van der Waals surface area (Å²) in [6, 6.07) is 6.00. The molecule has 1 heterocycles. The molecule has 2 nitrogen and oxygen atoms in total. The Kier molecular flexibility index (Phi) is 3.91. The van der Waals surface area contributed by atoms with Gasteiger partial charge in [0.15, 0.2) is 0 Å². The van der Waals surface area contributed by atoms with Crippen molar-refractivity contribution in [3.05, 3.63) is 34.1 Å². The van der Waals surface area contributed by atoms with Crippen LogP contribution in [0.5, 0.6) is 0 Å². The molecule has 2 fully saturated rings. The molecule has 4 heteroatoms. The second-order valence-corrected chi connectivity index (χ2v) is 7.68. The lowest BCUT2D eigenvalue weighted by molar-refractivity contribution is 0.0759. The molecule has 2 aliphatic rings.